The number of phenols is 2. The van der Waals surface area contributed by atoms with Gasteiger partial charge in [-0.15, -0.1) is 20.5 Å². The predicted molar refractivity (Wildman–Crippen MR) is 151 cm³/mol. The van der Waals surface area contributed by atoms with E-state index in [1.807, 2.05) is 0 Å². The minimum absolute atomic E-state index is 0.0336. The van der Waals surface area contributed by atoms with E-state index in [4.69, 9.17) is 0 Å². The highest BCUT2D eigenvalue weighted by molar-refractivity contribution is 5.70. The van der Waals surface area contributed by atoms with Gasteiger partial charge in [0, 0.05) is 23.3 Å². The summed E-state index contributed by atoms with van der Waals surface area (Å²) in [5.74, 6) is -0.366. The lowest BCUT2D eigenvalue weighted by atomic mass is 10.1. The average molecular weight is 563 g/mol. The Hall–Kier alpha value is -6.44. The second-order valence-corrected chi connectivity index (χ2v) is 8.59. The van der Waals surface area contributed by atoms with Gasteiger partial charge < -0.3 is 10.2 Å². The number of aromatic nitrogens is 2. The Bertz CT molecular complexity index is 1740. The molecule has 5 rings (SSSR count). The standard InChI is InChI=1S/C28H18N8O6/c37-27-11-9-17(13-21(27)33-31-19-5-1-3-7-25(19)35(39)40)23-15-30-24(16-29-23)18-10-12-28(38)22(14-18)34-32-20-6-2-4-8-26(20)36(41)42/h1-16,37-38H. The SMILES string of the molecule is O=[N+]([O-])c1ccccc1N=Nc1cc(-c2cnc(-c3ccc(O)c(N=Nc4ccccc4[N+](=O)[O-])c3)cn2)ccc1O. The molecule has 14 heteroatoms. The Balaban J connectivity index is 1.39. The molecule has 206 valence electrons. The van der Waals surface area contributed by atoms with Crippen molar-refractivity contribution < 1.29 is 20.1 Å². The van der Waals surface area contributed by atoms with Crippen LogP contribution in [-0.4, -0.2) is 30.0 Å². The van der Waals surface area contributed by atoms with E-state index in [2.05, 4.69) is 30.4 Å². The van der Waals surface area contributed by atoms with Crippen molar-refractivity contribution in [1.29, 1.82) is 0 Å². The van der Waals surface area contributed by atoms with Crippen LogP contribution in [0.25, 0.3) is 22.5 Å². The minimum Gasteiger partial charge on any atom is -0.506 e. The molecule has 0 saturated heterocycles. The van der Waals surface area contributed by atoms with E-state index in [0.717, 1.165) is 0 Å². The molecule has 0 spiro atoms. The van der Waals surface area contributed by atoms with Crippen LogP contribution in [0.5, 0.6) is 11.5 Å². The second kappa shape index (κ2) is 11.7. The first-order chi connectivity index (χ1) is 20.3. The number of phenolic OH excluding ortho intramolecular Hbond substituents is 2. The first-order valence-electron chi connectivity index (χ1n) is 12.1. The van der Waals surface area contributed by atoms with Gasteiger partial charge >= 0.3 is 0 Å². The van der Waals surface area contributed by atoms with E-state index in [9.17, 15) is 30.4 Å². The largest absolute Gasteiger partial charge is 0.506 e. The molecule has 4 aromatic carbocycles. The van der Waals surface area contributed by atoms with Crippen molar-refractivity contribution in [3.8, 4) is 34.0 Å². The molecule has 0 radical (unpaired) electrons. The Labute approximate surface area is 236 Å². The van der Waals surface area contributed by atoms with Gasteiger partial charge in [0.25, 0.3) is 11.4 Å². The maximum atomic E-state index is 11.2. The van der Waals surface area contributed by atoms with Crippen molar-refractivity contribution in [2.75, 3.05) is 0 Å². The van der Waals surface area contributed by atoms with Crippen LogP contribution in [0, 0.1) is 20.2 Å². The molecule has 0 bridgehead atoms. The normalized spacial score (nSPS) is 11.2. The lowest BCUT2D eigenvalue weighted by Crippen LogP contribution is -1.89. The van der Waals surface area contributed by atoms with Crippen LogP contribution in [0.15, 0.2) is 118 Å². The zero-order valence-electron chi connectivity index (χ0n) is 21.3. The molecular weight excluding hydrogens is 544 g/mol. The van der Waals surface area contributed by atoms with Crippen LogP contribution < -0.4 is 0 Å². The summed E-state index contributed by atoms with van der Waals surface area (Å²) in [6.45, 7) is 0. The number of nitro groups is 2. The zero-order chi connectivity index (χ0) is 29.6. The molecule has 2 N–H and O–H groups in total. The number of rotatable bonds is 8. The topological polar surface area (TPSA) is 202 Å². The van der Waals surface area contributed by atoms with Crippen LogP contribution in [0.2, 0.25) is 0 Å². The van der Waals surface area contributed by atoms with Crippen LogP contribution in [0.1, 0.15) is 0 Å². The monoisotopic (exact) mass is 562 g/mol. The van der Waals surface area contributed by atoms with Crippen LogP contribution in [-0.2, 0) is 0 Å². The highest BCUT2D eigenvalue weighted by Gasteiger charge is 2.14. The molecule has 42 heavy (non-hydrogen) atoms. The maximum absolute atomic E-state index is 11.2. The summed E-state index contributed by atoms with van der Waals surface area (Å²) in [7, 11) is 0. The fraction of sp³-hybridized carbons (Fsp3) is 0. The molecule has 0 fully saturated rings. The van der Waals surface area contributed by atoms with Crippen LogP contribution >= 0.6 is 0 Å². The van der Waals surface area contributed by atoms with E-state index >= 15 is 0 Å². The van der Waals surface area contributed by atoms with E-state index in [0.29, 0.717) is 22.5 Å². The third-order valence-corrected chi connectivity index (χ3v) is 5.88. The molecule has 0 amide bonds. The summed E-state index contributed by atoms with van der Waals surface area (Å²) in [6.07, 6.45) is 2.98. The number of aromatic hydroxyl groups is 2. The molecule has 14 nitrogen and oxygen atoms in total. The lowest BCUT2D eigenvalue weighted by Gasteiger charge is -2.06. The molecule has 0 aliphatic heterocycles. The number of hydrogen-bond donors (Lipinski definition) is 2. The Morgan fingerprint density at radius 1 is 0.548 bits per heavy atom. The van der Waals surface area contributed by atoms with E-state index in [1.165, 1.54) is 73.1 Å². The number of azo groups is 2. The second-order valence-electron chi connectivity index (χ2n) is 8.59. The average Bonchev–Trinajstić information content (AvgIpc) is 3.00. The summed E-state index contributed by atoms with van der Waals surface area (Å²) in [6, 6.07) is 20.7. The smallest absolute Gasteiger partial charge is 0.296 e. The molecule has 0 saturated carbocycles. The predicted octanol–water partition coefficient (Wildman–Crippen LogP) is 7.87. The first kappa shape index (κ1) is 27.1. The van der Waals surface area contributed by atoms with Crippen molar-refractivity contribution in [3.05, 3.63) is 118 Å². The molecule has 0 aliphatic rings. The zero-order valence-corrected chi connectivity index (χ0v) is 21.3. The van der Waals surface area contributed by atoms with Crippen LogP contribution in [0.3, 0.4) is 0 Å². The van der Waals surface area contributed by atoms with Gasteiger partial charge in [0.1, 0.15) is 22.9 Å². The number of hydrogen-bond acceptors (Lipinski definition) is 12. The molecule has 1 aromatic heterocycles. The number of nitro benzene ring substituents is 2. The van der Waals surface area contributed by atoms with Gasteiger partial charge in [0.2, 0.25) is 0 Å². The highest BCUT2D eigenvalue weighted by Crippen LogP contribution is 2.36. The number of benzene rings is 4. The Kier molecular flexibility index (Phi) is 7.59. The summed E-state index contributed by atoms with van der Waals surface area (Å²) in [5.41, 5.74) is 1.75. The van der Waals surface area contributed by atoms with Crippen molar-refractivity contribution in [2.24, 2.45) is 20.5 Å². The van der Waals surface area contributed by atoms with Gasteiger partial charge in [0.15, 0.2) is 11.4 Å². The number of nitrogens with zero attached hydrogens (tertiary/aromatic N) is 8. The molecule has 1 heterocycles. The first-order valence-corrected chi connectivity index (χ1v) is 12.1. The maximum Gasteiger partial charge on any atom is 0.296 e. The summed E-state index contributed by atoms with van der Waals surface area (Å²) in [4.78, 5) is 30.2. The minimum atomic E-state index is -0.572. The molecular formula is C28H18N8O6. The Morgan fingerprint density at radius 3 is 1.31 bits per heavy atom. The highest BCUT2D eigenvalue weighted by atomic mass is 16.6. The molecule has 5 aromatic rings. The van der Waals surface area contributed by atoms with Gasteiger partial charge in [-0.1, -0.05) is 24.3 Å². The molecule has 0 unspecified atom stereocenters. The quantitative estimate of drug-likeness (QED) is 0.108. The summed E-state index contributed by atoms with van der Waals surface area (Å²) in [5, 5.41) is 58.8. The van der Waals surface area contributed by atoms with Crippen molar-refractivity contribution in [2.45, 2.75) is 0 Å². The fourth-order valence-electron chi connectivity index (χ4n) is 3.77. The van der Waals surface area contributed by atoms with Gasteiger partial charge in [-0.2, -0.15) is 0 Å². The molecule has 0 aliphatic carbocycles. The van der Waals surface area contributed by atoms with E-state index < -0.39 is 9.85 Å². The van der Waals surface area contributed by atoms with Crippen molar-refractivity contribution in [3.63, 3.8) is 0 Å². The fourth-order valence-corrected chi connectivity index (χ4v) is 3.77. The van der Waals surface area contributed by atoms with Gasteiger partial charge in [-0.3, -0.25) is 30.2 Å². The van der Waals surface area contributed by atoms with Gasteiger partial charge in [0.05, 0.1) is 33.6 Å². The lowest BCUT2D eigenvalue weighted by molar-refractivity contribution is -0.384. The van der Waals surface area contributed by atoms with Crippen molar-refractivity contribution >= 4 is 34.1 Å². The molecule has 0 atom stereocenters. The number of para-hydroxylation sites is 2. The van der Waals surface area contributed by atoms with Crippen LogP contribution in [0.4, 0.5) is 34.1 Å². The summed E-state index contributed by atoms with van der Waals surface area (Å²) < 4.78 is 0. The van der Waals surface area contributed by atoms with E-state index in [-0.39, 0.29) is 45.6 Å². The summed E-state index contributed by atoms with van der Waals surface area (Å²) >= 11 is 0. The van der Waals surface area contributed by atoms with Crippen molar-refractivity contribution in [1.82, 2.24) is 9.97 Å². The third kappa shape index (κ3) is 5.91. The van der Waals surface area contributed by atoms with Gasteiger partial charge in [-0.05, 0) is 48.5 Å². The third-order valence-electron chi connectivity index (χ3n) is 5.88. The Morgan fingerprint density at radius 2 is 0.929 bits per heavy atom. The van der Waals surface area contributed by atoms with Gasteiger partial charge in [-0.25, -0.2) is 0 Å². The van der Waals surface area contributed by atoms with E-state index in [1.54, 1.807) is 24.3 Å².